The van der Waals surface area contributed by atoms with Crippen LogP contribution in [0.15, 0.2) is 24.5 Å². The van der Waals surface area contributed by atoms with E-state index in [-0.39, 0.29) is 6.61 Å². The minimum atomic E-state index is 0.0678. The lowest BCUT2D eigenvalue weighted by Crippen LogP contribution is -1.70. The van der Waals surface area contributed by atoms with E-state index >= 15 is 0 Å². The van der Waals surface area contributed by atoms with Crippen molar-refractivity contribution in [2.75, 3.05) is 0 Å². The first kappa shape index (κ1) is 7.52. The number of aromatic amines is 1. The minimum Gasteiger partial charge on any atom is -0.391 e. The summed E-state index contributed by atoms with van der Waals surface area (Å²) in [5, 5.41) is 9.73. The predicted octanol–water partition coefficient (Wildman–Crippen LogP) is 1.63. The van der Waals surface area contributed by atoms with E-state index in [1.165, 1.54) is 11.3 Å². The zero-order chi connectivity index (χ0) is 8.39. The molecule has 62 valence electrons. The van der Waals surface area contributed by atoms with Crippen molar-refractivity contribution in [3.63, 3.8) is 0 Å². The van der Waals surface area contributed by atoms with Crippen molar-refractivity contribution in [3.8, 4) is 10.7 Å². The Hall–Kier alpha value is -1.13. The van der Waals surface area contributed by atoms with Gasteiger partial charge >= 0.3 is 0 Å². The van der Waals surface area contributed by atoms with Crippen molar-refractivity contribution in [2.24, 2.45) is 0 Å². The molecule has 0 atom stereocenters. The zero-order valence-corrected chi connectivity index (χ0v) is 7.14. The average molecular weight is 180 g/mol. The van der Waals surface area contributed by atoms with E-state index in [0.717, 1.165) is 15.6 Å². The number of H-pyrrole nitrogens is 1. The first-order valence-electron chi connectivity index (χ1n) is 3.59. The summed E-state index contributed by atoms with van der Waals surface area (Å²) in [7, 11) is 0. The van der Waals surface area contributed by atoms with Crippen LogP contribution < -0.4 is 0 Å². The second kappa shape index (κ2) is 3.08. The number of rotatable bonds is 2. The van der Waals surface area contributed by atoms with Crippen molar-refractivity contribution in [3.05, 3.63) is 29.4 Å². The quantitative estimate of drug-likeness (QED) is 0.738. The third kappa shape index (κ3) is 1.26. The highest BCUT2D eigenvalue weighted by atomic mass is 32.1. The fourth-order valence-corrected chi connectivity index (χ4v) is 1.73. The molecule has 0 bridgehead atoms. The average Bonchev–Trinajstić information content (AvgIpc) is 2.75. The fourth-order valence-electron chi connectivity index (χ4n) is 0.968. The third-order valence-electron chi connectivity index (χ3n) is 1.54. The van der Waals surface area contributed by atoms with E-state index in [2.05, 4.69) is 9.97 Å². The summed E-state index contributed by atoms with van der Waals surface area (Å²) in [5.74, 6) is 0. The topological polar surface area (TPSA) is 48.9 Å². The van der Waals surface area contributed by atoms with Crippen LogP contribution in [0.5, 0.6) is 0 Å². The highest BCUT2D eigenvalue weighted by Crippen LogP contribution is 2.22. The Morgan fingerprint density at radius 3 is 3.08 bits per heavy atom. The molecule has 3 nitrogen and oxygen atoms in total. The molecule has 0 aliphatic carbocycles. The van der Waals surface area contributed by atoms with Gasteiger partial charge in [-0.25, -0.2) is 4.98 Å². The summed E-state index contributed by atoms with van der Waals surface area (Å²) in [6.07, 6.45) is 3.55. The molecular formula is C8H8N2OS. The summed E-state index contributed by atoms with van der Waals surface area (Å²) in [6, 6.07) is 3.88. The van der Waals surface area contributed by atoms with Gasteiger partial charge in [0.15, 0.2) is 0 Å². The second-order valence-electron chi connectivity index (χ2n) is 2.37. The third-order valence-corrected chi connectivity index (χ3v) is 2.55. The van der Waals surface area contributed by atoms with Crippen LogP contribution in [0.25, 0.3) is 10.7 Å². The second-order valence-corrected chi connectivity index (χ2v) is 3.49. The number of nitrogens with zero attached hydrogens (tertiary/aromatic N) is 1. The number of nitrogens with one attached hydrogen (secondary N) is 1. The van der Waals surface area contributed by atoms with Crippen molar-refractivity contribution >= 4 is 11.3 Å². The molecule has 0 amide bonds. The van der Waals surface area contributed by atoms with Gasteiger partial charge < -0.3 is 10.1 Å². The monoisotopic (exact) mass is 180 g/mol. The molecule has 2 rings (SSSR count). The van der Waals surface area contributed by atoms with Gasteiger partial charge in [0, 0.05) is 12.4 Å². The largest absolute Gasteiger partial charge is 0.391 e. The highest BCUT2D eigenvalue weighted by molar-refractivity contribution is 7.14. The Morgan fingerprint density at radius 1 is 1.58 bits per heavy atom. The molecule has 4 heteroatoms. The van der Waals surface area contributed by atoms with Gasteiger partial charge in [-0.3, -0.25) is 0 Å². The Balaban J connectivity index is 2.35. The van der Waals surface area contributed by atoms with Gasteiger partial charge in [-0.1, -0.05) is 0 Å². The number of aliphatic hydroxyl groups is 1. The van der Waals surface area contributed by atoms with Gasteiger partial charge in [-0.2, -0.15) is 0 Å². The first-order chi connectivity index (χ1) is 5.90. The standard InChI is InChI=1S/C8H8N2OS/c11-5-6-4-10-8(12-6)7-2-1-3-9-7/h1-4,9,11H,5H2. The van der Waals surface area contributed by atoms with Crippen LogP contribution in [0.2, 0.25) is 0 Å². The smallest absolute Gasteiger partial charge is 0.139 e. The highest BCUT2D eigenvalue weighted by Gasteiger charge is 2.03. The number of thiazole rings is 1. The van der Waals surface area contributed by atoms with Crippen molar-refractivity contribution in [1.29, 1.82) is 0 Å². The lowest BCUT2D eigenvalue weighted by Gasteiger charge is -1.86. The van der Waals surface area contributed by atoms with Gasteiger partial charge in [-0.05, 0) is 12.1 Å². The summed E-state index contributed by atoms with van der Waals surface area (Å²) >= 11 is 1.50. The maximum absolute atomic E-state index is 8.81. The van der Waals surface area contributed by atoms with Crippen LogP contribution in [-0.2, 0) is 6.61 Å². The molecule has 0 aliphatic rings. The lowest BCUT2D eigenvalue weighted by atomic mass is 10.4. The number of aliphatic hydroxyl groups excluding tert-OH is 1. The molecule has 0 spiro atoms. The Bertz CT molecular complexity index is 353. The predicted molar refractivity (Wildman–Crippen MR) is 47.8 cm³/mol. The Labute approximate surface area is 73.7 Å². The van der Waals surface area contributed by atoms with E-state index in [1.807, 2.05) is 18.3 Å². The van der Waals surface area contributed by atoms with E-state index in [4.69, 9.17) is 5.11 Å². The van der Waals surface area contributed by atoms with Crippen molar-refractivity contribution in [2.45, 2.75) is 6.61 Å². The molecular weight excluding hydrogens is 172 g/mol. The molecule has 0 saturated carbocycles. The Morgan fingerprint density at radius 2 is 2.50 bits per heavy atom. The van der Waals surface area contributed by atoms with Crippen LogP contribution in [0.4, 0.5) is 0 Å². The Kier molecular flexibility index (Phi) is 1.93. The van der Waals surface area contributed by atoms with Crippen LogP contribution in [-0.4, -0.2) is 15.1 Å². The van der Waals surface area contributed by atoms with E-state index in [1.54, 1.807) is 6.20 Å². The van der Waals surface area contributed by atoms with Gasteiger partial charge in [0.25, 0.3) is 0 Å². The van der Waals surface area contributed by atoms with Crippen LogP contribution in [0.3, 0.4) is 0 Å². The first-order valence-corrected chi connectivity index (χ1v) is 4.41. The normalized spacial score (nSPS) is 10.4. The van der Waals surface area contributed by atoms with Gasteiger partial charge in [0.05, 0.1) is 17.2 Å². The number of hydrogen-bond donors (Lipinski definition) is 2. The van der Waals surface area contributed by atoms with Crippen LogP contribution in [0, 0.1) is 0 Å². The lowest BCUT2D eigenvalue weighted by molar-refractivity contribution is 0.285. The van der Waals surface area contributed by atoms with Crippen LogP contribution >= 0.6 is 11.3 Å². The maximum Gasteiger partial charge on any atom is 0.139 e. The number of aromatic nitrogens is 2. The van der Waals surface area contributed by atoms with Gasteiger partial charge in [0.2, 0.25) is 0 Å². The SMILES string of the molecule is OCc1cnc(-c2ccc[nH]2)s1. The van der Waals surface area contributed by atoms with Crippen molar-refractivity contribution < 1.29 is 5.11 Å². The molecule has 2 aromatic heterocycles. The fraction of sp³-hybridized carbons (Fsp3) is 0.125. The molecule has 0 aliphatic heterocycles. The maximum atomic E-state index is 8.81. The van der Waals surface area contributed by atoms with E-state index in [0.29, 0.717) is 0 Å². The van der Waals surface area contributed by atoms with Gasteiger partial charge in [-0.15, -0.1) is 11.3 Å². The molecule has 0 aromatic carbocycles. The molecule has 2 aromatic rings. The molecule has 0 unspecified atom stereocenters. The summed E-state index contributed by atoms with van der Waals surface area (Å²) in [6.45, 7) is 0.0678. The molecule has 0 saturated heterocycles. The molecule has 2 heterocycles. The minimum absolute atomic E-state index is 0.0678. The van der Waals surface area contributed by atoms with E-state index in [9.17, 15) is 0 Å². The van der Waals surface area contributed by atoms with Crippen molar-refractivity contribution in [1.82, 2.24) is 9.97 Å². The summed E-state index contributed by atoms with van der Waals surface area (Å²) in [5.41, 5.74) is 1.000. The van der Waals surface area contributed by atoms with Gasteiger partial charge in [0.1, 0.15) is 5.01 Å². The summed E-state index contributed by atoms with van der Waals surface area (Å²) in [4.78, 5) is 8.10. The molecule has 12 heavy (non-hydrogen) atoms. The van der Waals surface area contributed by atoms with E-state index < -0.39 is 0 Å². The molecule has 2 N–H and O–H groups in total. The van der Waals surface area contributed by atoms with Crippen LogP contribution in [0.1, 0.15) is 4.88 Å². The number of hydrogen-bond acceptors (Lipinski definition) is 3. The zero-order valence-electron chi connectivity index (χ0n) is 6.32. The summed E-state index contributed by atoms with van der Waals surface area (Å²) < 4.78 is 0. The molecule has 0 radical (unpaired) electrons. The molecule has 0 fully saturated rings.